The van der Waals surface area contributed by atoms with Crippen LogP contribution in [-0.2, 0) is 6.54 Å². The van der Waals surface area contributed by atoms with E-state index in [1.165, 1.54) is 9.13 Å². The lowest BCUT2D eigenvalue weighted by atomic mass is 9.86. The summed E-state index contributed by atoms with van der Waals surface area (Å²) in [6.45, 7) is 10.7. The van der Waals surface area contributed by atoms with Crippen molar-refractivity contribution in [2.24, 2.45) is 0 Å². The van der Waals surface area contributed by atoms with Gasteiger partial charge in [0.2, 0.25) is 0 Å². The molecule has 0 saturated carbocycles. The average molecular weight is 572 g/mol. The lowest BCUT2D eigenvalue weighted by Crippen LogP contribution is -2.36. The Hall–Kier alpha value is -4.52. The molecule has 0 aliphatic carbocycles. The zero-order valence-electron chi connectivity index (χ0n) is 25.1. The summed E-state index contributed by atoms with van der Waals surface area (Å²) in [7, 11) is 0. The number of benzene rings is 5. The fraction of sp³-hybridized carbons (Fsp3) is 0.333. The predicted octanol–water partition coefficient (Wildman–Crippen LogP) is 7.10. The molecular weight excluding hydrogens is 538 g/mol. The fourth-order valence-corrected chi connectivity index (χ4v) is 8.32. The van der Waals surface area contributed by atoms with E-state index in [-0.39, 0.29) is 34.3 Å². The summed E-state index contributed by atoms with van der Waals surface area (Å²) < 4.78 is 5.11. The Kier molecular flexibility index (Phi) is 5.32. The van der Waals surface area contributed by atoms with Gasteiger partial charge in [0, 0.05) is 61.7 Å². The number of aryl methyl sites for hydroxylation is 1. The third-order valence-electron chi connectivity index (χ3n) is 10.4. The van der Waals surface area contributed by atoms with E-state index in [1.807, 2.05) is 64.1 Å². The smallest absolute Gasteiger partial charge is 0.261 e. The largest absolute Gasteiger partial charge is 0.341 e. The van der Waals surface area contributed by atoms with Crippen molar-refractivity contribution < 1.29 is 0 Å². The number of pyridine rings is 2. The minimum Gasteiger partial charge on any atom is -0.341 e. The van der Waals surface area contributed by atoms with Crippen molar-refractivity contribution in [1.82, 2.24) is 13.7 Å². The first kappa shape index (κ1) is 26.1. The molecule has 8 aromatic rings. The number of hydrogen-bond acceptors (Lipinski definition) is 4. The van der Waals surface area contributed by atoms with Crippen molar-refractivity contribution in [3.05, 3.63) is 77.8 Å². The molecule has 0 unspecified atom stereocenters. The molecule has 0 amide bonds. The van der Waals surface area contributed by atoms with Crippen LogP contribution >= 0.6 is 0 Å². The van der Waals surface area contributed by atoms with Gasteiger partial charge in [-0.1, -0.05) is 39.8 Å². The van der Waals surface area contributed by atoms with Crippen LogP contribution in [0.25, 0.3) is 75.7 Å². The van der Waals surface area contributed by atoms with Gasteiger partial charge >= 0.3 is 0 Å². The SMILES string of the molecule is CCC(CC)n1c(=O)c2ccc3c4ccc5c(=O)n(C(CC)CC)c(=O)c6cc7c(c4c56)c4c3c2c(cc4n7CC)c1=O. The van der Waals surface area contributed by atoms with Gasteiger partial charge in [-0.2, -0.15) is 0 Å². The monoisotopic (exact) mass is 571 g/mol. The lowest BCUT2D eigenvalue weighted by Gasteiger charge is -2.20. The molecule has 7 nitrogen and oxygen atoms in total. The Morgan fingerprint density at radius 3 is 1.16 bits per heavy atom. The van der Waals surface area contributed by atoms with Crippen molar-refractivity contribution in [2.75, 3.05) is 0 Å². The average Bonchev–Trinajstić information content (AvgIpc) is 3.35. The van der Waals surface area contributed by atoms with Crippen molar-refractivity contribution >= 4 is 75.7 Å². The molecule has 0 radical (unpaired) electrons. The molecule has 0 bridgehead atoms. The zero-order valence-corrected chi connectivity index (χ0v) is 25.1. The van der Waals surface area contributed by atoms with Crippen LogP contribution in [0.1, 0.15) is 72.4 Å². The Balaban J connectivity index is 1.70. The van der Waals surface area contributed by atoms with Crippen LogP contribution in [0.3, 0.4) is 0 Å². The molecule has 216 valence electrons. The molecule has 0 fully saturated rings. The van der Waals surface area contributed by atoms with Gasteiger partial charge in [-0.05, 0) is 67.6 Å². The van der Waals surface area contributed by atoms with Crippen molar-refractivity contribution in [2.45, 2.75) is 78.9 Å². The Bertz CT molecular complexity index is 2450. The number of rotatable bonds is 7. The summed E-state index contributed by atoms with van der Waals surface area (Å²) in [5.74, 6) is 0. The molecule has 0 spiro atoms. The maximum Gasteiger partial charge on any atom is 0.261 e. The number of fused-ring (bicyclic) bond motifs is 1. The molecule has 0 saturated heterocycles. The van der Waals surface area contributed by atoms with Gasteiger partial charge in [-0.3, -0.25) is 28.3 Å². The van der Waals surface area contributed by atoms with Crippen LogP contribution in [0.4, 0.5) is 0 Å². The summed E-state index contributed by atoms with van der Waals surface area (Å²) in [6, 6.07) is 11.3. The molecule has 8 rings (SSSR count). The van der Waals surface area contributed by atoms with Crippen LogP contribution in [0.2, 0.25) is 0 Å². The normalized spacial score (nSPS) is 13.1. The number of hydrogen-bond donors (Lipinski definition) is 0. The quantitative estimate of drug-likeness (QED) is 0.151. The van der Waals surface area contributed by atoms with E-state index in [0.717, 1.165) is 43.4 Å². The van der Waals surface area contributed by atoms with Crippen molar-refractivity contribution in [1.29, 1.82) is 0 Å². The van der Waals surface area contributed by atoms with Gasteiger partial charge in [0.1, 0.15) is 0 Å². The van der Waals surface area contributed by atoms with E-state index in [1.54, 1.807) is 0 Å². The molecular formula is C36H33N3O4. The van der Waals surface area contributed by atoms with Crippen LogP contribution in [0, 0.1) is 0 Å². The zero-order chi connectivity index (χ0) is 30.1. The highest BCUT2D eigenvalue weighted by atomic mass is 16.2. The highest BCUT2D eigenvalue weighted by Crippen LogP contribution is 2.49. The van der Waals surface area contributed by atoms with E-state index in [9.17, 15) is 19.2 Å². The first-order valence-electron chi connectivity index (χ1n) is 15.6. The van der Waals surface area contributed by atoms with E-state index >= 15 is 0 Å². The lowest BCUT2D eigenvalue weighted by molar-refractivity contribution is 0.451. The molecule has 7 heteroatoms. The molecule has 0 atom stereocenters. The van der Waals surface area contributed by atoms with Crippen LogP contribution < -0.4 is 22.2 Å². The van der Waals surface area contributed by atoms with Crippen molar-refractivity contribution in [3.8, 4) is 0 Å². The second kappa shape index (κ2) is 8.75. The summed E-state index contributed by atoms with van der Waals surface area (Å²) in [5, 5.41) is 9.29. The highest BCUT2D eigenvalue weighted by molar-refractivity contribution is 6.45. The standard InChI is InChI=1S/C36H33N3O4/c1-6-17(7-2)38-33(40)21-13-11-19-20-12-14-22-28-24(36(43)39(34(22)41)18(8-3)9-4)16-26-32(30(20)28)31-25(37(26)10-5)15-23(35(38)42)27(21)29(19)31/h11-18H,6-10H2,1-5H3. The van der Waals surface area contributed by atoms with Gasteiger partial charge in [0.05, 0.1) is 21.8 Å². The fourth-order valence-electron chi connectivity index (χ4n) is 8.32. The molecule has 0 aliphatic heterocycles. The number of aromatic nitrogens is 3. The van der Waals surface area contributed by atoms with E-state index in [4.69, 9.17) is 0 Å². The topological polar surface area (TPSA) is 83.1 Å². The van der Waals surface area contributed by atoms with E-state index < -0.39 is 0 Å². The third-order valence-corrected chi connectivity index (χ3v) is 10.4. The molecule has 43 heavy (non-hydrogen) atoms. The van der Waals surface area contributed by atoms with Gasteiger partial charge in [0.25, 0.3) is 22.2 Å². The minimum atomic E-state index is -0.246. The van der Waals surface area contributed by atoms with E-state index in [0.29, 0.717) is 64.5 Å². The second-order valence-corrected chi connectivity index (χ2v) is 12.1. The maximum atomic E-state index is 14.1. The molecule has 3 heterocycles. The maximum absolute atomic E-state index is 14.1. The molecule has 3 aromatic heterocycles. The van der Waals surface area contributed by atoms with E-state index in [2.05, 4.69) is 11.5 Å². The van der Waals surface area contributed by atoms with Crippen LogP contribution in [-0.4, -0.2) is 13.7 Å². The second-order valence-electron chi connectivity index (χ2n) is 12.1. The van der Waals surface area contributed by atoms with Crippen LogP contribution in [0.5, 0.6) is 0 Å². The van der Waals surface area contributed by atoms with Gasteiger partial charge in [-0.25, -0.2) is 0 Å². The predicted molar refractivity (Wildman–Crippen MR) is 178 cm³/mol. The summed E-state index contributed by atoms with van der Waals surface area (Å²) in [4.78, 5) is 56.1. The van der Waals surface area contributed by atoms with Gasteiger partial charge in [-0.15, -0.1) is 0 Å². The summed E-state index contributed by atoms with van der Waals surface area (Å²) in [5.41, 5.74) is 0.855. The van der Waals surface area contributed by atoms with Crippen LogP contribution in [0.15, 0.2) is 55.6 Å². The first-order chi connectivity index (χ1) is 20.8. The third kappa shape index (κ3) is 2.90. The molecule has 0 aliphatic rings. The highest BCUT2D eigenvalue weighted by Gasteiger charge is 2.29. The van der Waals surface area contributed by atoms with Crippen molar-refractivity contribution in [3.63, 3.8) is 0 Å². The minimum absolute atomic E-state index is 0.173. The van der Waals surface area contributed by atoms with Gasteiger partial charge < -0.3 is 4.57 Å². The Morgan fingerprint density at radius 1 is 0.465 bits per heavy atom. The number of nitrogens with zero attached hydrogens (tertiary/aromatic N) is 3. The van der Waals surface area contributed by atoms with Gasteiger partial charge in [0.15, 0.2) is 0 Å². The Morgan fingerprint density at radius 2 is 0.814 bits per heavy atom. The Labute approximate surface area is 245 Å². The summed E-state index contributed by atoms with van der Waals surface area (Å²) >= 11 is 0. The first-order valence-corrected chi connectivity index (χ1v) is 15.6. The summed E-state index contributed by atoms with van der Waals surface area (Å²) in [6.07, 6.45) is 2.77. The molecule has 5 aromatic carbocycles. The molecule has 0 N–H and O–H groups in total.